The van der Waals surface area contributed by atoms with Crippen LogP contribution in [-0.4, -0.2) is 11.0 Å². The highest BCUT2D eigenvalue weighted by Gasteiger charge is 2.09. The molecule has 0 fully saturated rings. The largest absolute Gasteiger partial charge is 0.508 e. The number of aryl methyl sites for hydroxylation is 1. The third kappa shape index (κ3) is 4.12. The van der Waals surface area contributed by atoms with Crippen molar-refractivity contribution in [1.82, 2.24) is 0 Å². The molecule has 5 nitrogen and oxygen atoms in total. The molecule has 2 aromatic carbocycles. The van der Waals surface area contributed by atoms with E-state index in [1.165, 1.54) is 18.3 Å². The number of nitrogens with one attached hydrogen (secondary N) is 2. The summed E-state index contributed by atoms with van der Waals surface area (Å²) in [5.41, 5.74) is 2.32. The van der Waals surface area contributed by atoms with E-state index in [-0.39, 0.29) is 11.3 Å². The standard InChI is InChI=1S/C17H15N3O2/c1-12-3-2-4-15(9-12)19-11-13(10-18)17(22)20-14-5-7-16(21)8-6-14/h2-9,11,19,21H,1H3,(H,20,22)/b13-11-. The summed E-state index contributed by atoms with van der Waals surface area (Å²) in [6, 6.07) is 15.5. The first-order valence-electron chi connectivity index (χ1n) is 6.62. The van der Waals surface area contributed by atoms with Crippen molar-refractivity contribution >= 4 is 17.3 Å². The van der Waals surface area contributed by atoms with Crippen LogP contribution in [0.15, 0.2) is 60.3 Å². The molecule has 2 aromatic rings. The molecule has 2 rings (SSSR count). The van der Waals surface area contributed by atoms with Gasteiger partial charge in [0.05, 0.1) is 0 Å². The van der Waals surface area contributed by atoms with Crippen LogP contribution in [0.5, 0.6) is 5.75 Å². The number of nitriles is 1. The number of amides is 1. The number of phenolic OH excluding ortho intramolecular Hbond substituents is 1. The zero-order valence-corrected chi connectivity index (χ0v) is 12.0. The summed E-state index contributed by atoms with van der Waals surface area (Å²) < 4.78 is 0. The summed E-state index contributed by atoms with van der Waals surface area (Å²) in [5, 5.41) is 23.8. The zero-order chi connectivity index (χ0) is 15.9. The molecule has 1 amide bonds. The fraction of sp³-hybridized carbons (Fsp3) is 0.0588. The lowest BCUT2D eigenvalue weighted by Gasteiger charge is -2.05. The third-order valence-electron chi connectivity index (χ3n) is 2.89. The molecule has 0 spiro atoms. The highest BCUT2D eigenvalue weighted by Crippen LogP contribution is 2.15. The van der Waals surface area contributed by atoms with E-state index < -0.39 is 5.91 Å². The minimum absolute atomic E-state index is 0.0467. The molecule has 3 N–H and O–H groups in total. The van der Waals surface area contributed by atoms with Gasteiger partial charge < -0.3 is 15.7 Å². The normalized spacial score (nSPS) is 10.6. The lowest BCUT2D eigenvalue weighted by atomic mass is 10.2. The van der Waals surface area contributed by atoms with Gasteiger partial charge in [-0.3, -0.25) is 4.79 Å². The molecular weight excluding hydrogens is 278 g/mol. The Labute approximate surface area is 128 Å². The number of carbonyl (C=O) groups is 1. The maximum atomic E-state index is 12.0. The number of hydrogen-bond acceptors (Lipinski definition) is 4. The van der Waals surface area contributed by atoms with E-state index in [0.717, 1.165) is 11.3 Å². The van der Waals surface area contributed by atoms with Gasteiger partial charge in [-0.25, -0.2) is 0 Å². The molecule has 0 saturated heterocycles. The molecular formula is C17H15N3O2. The number of rotatable bonds is 4. The fourth-order valence-electron chi connectivity index (χ4n) is 1.78. The van der Waals surface area contributed by atoms with Crippen LogP contribution in [0.4, 0.5) is 11.4 Å². The Morgan fingerprint density at radius 2 is 1.91 bits per heavy atom. The number of phenols is 1. The van der Waals surface area contributed by atoms with Gasteiger partial charge in [-0.05, 0) is 48.9 Å². The van der Waals surface area contributed by atoms with Gasteiger partial charge >= 0.3 is 0 Å². The Hall–Kier alpha value is -3.26. The minimum Gasteiger partial charge on any atom is -0.508 e. The van der Waals surface area contributed by atoms with E-state index in [4.69, 9.17) is 5.26 Å². The minimum atomic E-state index is -0.520. The van der Waals surface area contributed by atoms with Gasteiger partial charge in [0.15, 0.2) is 0 Å². The van der Waals surface area contributed by atoms with Crippen molar-refractivity contribution in [2.75, 3.05) is 10.6 Å². The van der Waals surface area contributed by atoms with E-state index in [2.05, 4.69) is 10.6 Å². The smallest absolute Gasteiger partial charge is 0.267 e. The van der Waals surface area contributed by atoms with Crippen LogP contribution >= 0.6 is 0 Å². The molecule has 110 valence electrons. The van der Waals surface area contributed by atoms with Crippen LogP contribution in [0.1, 0.15) is 5.56 Å². The van der Waals surface area contributed by atoms with E-state index >= 15 is 0 Å². The number of anilines is 2. The molecule has 5 heteroatoms. The van der Waals surface area contributed by atoms with Crippen LogP contribution in [0.2, 0.25) is 0 Å². The van der Waals surface area contributed by atoms with E-state index in [1.807, 2.05) is 37.3 Å². The molecule has 0 atom stereocenters. The molecule has 0 saturated carbocycles. The van der Waals surface area contributed by atoms with Gasteiger partial charge in [-0.2, -0.15) is 5.26 Å². The van der Waals surface area contributed by atoms with Gasteiger partial charge in [0.2, 0.25) is 0 Å². The lowest BCUT2D eigenvalue weighted by molar-refractivity contribution is -0.112. The van der Waals surface area contributed by atoms with Gasteiger partial charge in [-0.1, -0.05) is 12.1 Å². The first-order chi connectivity index (χ1) is 10.6. The van der Waals surface area contributed by atoms with E-state index in [9.17, 15) is 9.90 Å². The summed E-state index contributed by atoms with van der Waals surface area (Å²) in [5.74, 6) is -0.413. The van der Waals surface area contributed by atoms with Crippen molar-refractivity contribution in [3.05, 3.63) is 65.9 Å². The molecule has 0 aliphatic carbocycles. The monoisotopic (exact) mass is 293 g/mol. The second-order valence-electron chi connectivity index (χ2n) is 4.68. The Morgan fingerprint density at radius 3 is 2.55 bits per heavy atom. The Morgan fingerprint density at radius 1 is 1.18 bits per heavy atom. The predicted molar refractivity (Wildman–Crippen MR) is 85.2 cm³/mol. The lowest BCUT2D eigenvalue weighted by Crippen LogP contribution is -2.14. The topological polar surface area (TPSA) is 85.2 Å². The summed E-state index contributed by atoms with van der Waals surface area (Å²) >= 11 is 0. The summed E-state index contributed by atoms with van der Waals surface area (Å²) in [6.45, 7) is 1.96. The van der Waals surface area contributed by atoms with Crippen molar-refractivity contribution < 1.29 is 9.90 Å². The Balaban J connectivity index is 2.07. The second-order valence-corrected chi connectivity index (χ2v) is 4.68. The number of aromatic hydroxyl groups is 1. The number of carbonyl (C=O) groups excluding carboxylic acids is 1. The number of hydrogen-bond donors (Lipinski definition) is 3. The van der Waals surface area contributed by atoms with Crippen LogP contribution in [0.3, 0.4) is 0 Å². The Bertz CT molecular complexity index is 743. The van der Waals surface area contributed by atoms with Crippen molar-refractivity contribution in [2.45, 2.75) is 6.92 Å². The van der Waals surface area contributed by atoms with Gasteiger partial charge in [0.25, 0.3) is 5.91 Å². The number of benzene rings is 2. The molecule has 0 unspecified atom stereocenters. The molecule has 0 heterocycles. The first-order valence-corrected chi connectivity index (χ1v) is 6.62. The van der Waals surface area contributed by atoms with Gasteiger partial charge in [0, 0.05) is 17.6 Å². The average molecular weight is 293 g/mol. The van der Waals surface area contributed by atoms with E-state index in [1.54, 1.807) is 12.1 Å². The van der Waals surface area contributed by atoms with E-state index in [0.29, 0.717) is 5.69 Å². The third-order valence-corrected chi connectivity index (χ3v) is 2.89. The maximum Gasteiger partial charge on any atom is 0.267 e. The van der Waals surface area contributed by atoms with Crippen molar-refractivity contribution in [1.29, 1.82) is 5.26 Å². The predicted octanol–water partition coefficient (Wildman–Crippen LogP) is 3.16. The summed E-state index contributed by atoms with van der Waals surface area (Å²) in [6.07, 6.45) is 1.37. The van der Waals surface area contributed by atoms with Crippen molar-refractivity contribution in [3.8, 4) is 11.8 Å². The van der Waals surface area contributed by atoms with Crippen LogP contribution in [0.25, 0.3) is 0 Å². The Kier molecular flexibility index (Phi) is 4.78. The highest BCUT2D eigenvalue weighted by atomic mass is 16.3. The maximum absolute atomic E-state index is 12.0. The summed E-state index contributed by atoms with van der Waals surface area (Å²) in [7, 11) is 0. The molecule has 0 aromatic heterocycles. The molecule has 0 radical (unpaired) electrons. The first kappa shape index (κ1) is 15.1. The average Bonchev–Trinajstić information content (AvgIpc) is 2.50. The van der Waals surface area contributed by atoms with Crippen LogP contribution in [-0.2, 0) is 4.79 Å². The second kappa shape index (κ2) is 6.95. The van der Waals surface area contributed by atoms with Crippen molar-refractivity contribution in [2.24, 2.45) is 0 Å². The van der Waals surface area contributed by atoms with Crippen LogP contribution < -0.4 is 10.6 Å². The van der Waals surface area contributed by atoms with Gasteiger partial charge in [0.1, 0.15) is 17.4 Å². The fourth-order valence-corrected chi connectivity index (χ4v) is 1.78. The zero-order valence-electron chi connectivity index (χ0n) is 12.0. The number of nitrogens with zero attached hydrogens (tertiary/aromatic N) is 1. The quantitative estimate of drug-likeness (QED) is 0.459. The SMILES string of the molecule is Cc1cccc(N/C=C(/C#N)C(=O)Nc2ccc(O)cc2)c1. The molecule has 22 heavy (non-hydrogen) atoms. The van der Waals surface area contributed by atoms with Crippen LogP contribution in [0, 0.1) is 18.3 Å². The van der Waals surface area contributed by atoms with Gasteiger partial charge in [-0.15, -0.1) is 0 Å². The van der Waals surface area contributed by atoms with Crippen molar-refractivity contribution in [3.63, 3.8) is 0 Å². The molecule has 0 aliphatic heterocycles. The molecule has 0 aliphatic rings. The molecule has 0 bridgehead atoms. The summed E-state index contributed by atoms with van der Waals surface area (Å²) in [4.78, 5) is 12.0. The highest BCUT2D eigenvalue weighted by molar-refractivity contribution is 6.06.